The molecule has 1 aromatic heterocycles. The minimum Gasteiger partial charge on any atom is -0.477 e. The first-order valence-corrected chi connectivity index (χ1v) is 4.53. The Morgan fingerprint density at radius 2 is 2.00 bits per heavy atom. The van der Waals surface area contributed by atoms with Gasteiger partial charge in [0.15, 0.2) is 5.03 Å². The second kappa shape index (κ2) is 3.11. The van der Waals surface area contributed by atoms with Crippen molar-refractivity contribution in [3.05, 3.63) is 23.9 Å². The fourth-order valence-corrected chi connectivity index (χ4v) is 1.14. The Bertz CT molecular complexity index is 438. The van der Waals surface area contributed by atoms with Gasteiger partial charge in [-0.25, -0.2) is 9.78 Å². The van der Waals surface area contributed by atoms with Crippen LogP contribution in [0.1, 0.15) is 10.5 Å². The Kier molecular flexibility index (Phi) is 2.30. The molecule has 0 atom stereocenters. The molecule has 0 fully saturated rings. The minimum absolute atomic E-state index is 0.435. The van der Waals surface area contributed by atoms with Crippen LogP contribution in [0.5, 0.6) is 0 Å². The molecule has 0 bridgehead atoms. The summed E-state index contributed by atoms with van der Waals surface area (Å²) in [5, 5.41) is 7.76. The van der Waals surface area contributed by atoms with Gasteiger partial charge in [-0.1, -0.05) is 6.07 Å². The Hall–Kier alpha value is -1.47. The summed E-state index contributed by atoms with van der Waals surface area (Å²) < 4.78 is 29.5. The van der Waals surface area contributed by atoms with Crippen LogP contribution in [0.15, 0.2) is 23.2 Å². The van der Waals surface area contributed by atoms with Gasteiger partial charge < -0.3 is 5.11 Å². The number of carbonyl (C=O) groups is 1. The van der Waals surface area contributed by atoms with Crippen LogP contribution in [-0.4, -0.2) is 29.0 Å². The number of carboxylic acids is 1. The highest BCUT2D eigenvalue weighted by molar-refractivity contribution is 7.85. The molecular weight excluding hydrogens is 198 g/mol. The first kappa shape index (κ1) is 9.62. The average molecular weight is 203 g/mol. The first-order chi connectivity index (χ1) is 5.91. The summed E-state index contributed by atoms with van der Waals surface area (Å²) >= 11 is 0. The maximum Gasteiger partial charge on any atom is 0.354 e. The van der Waals surface area contributed by atoms with Crippen LogP contribution in [0, 0.1) is 0 Å². The number of rotatable bonds is 2. The van der Waals surface area contributed by atoms with Gasteiger partial charge in [-0.15, -0.1) is 0 Å². The van der Waals surface area contributed by atoms with Gasteiger partial charge in [0.05, 0.1) is 0 Å². The molecule has 0 aliphatic rings. The van der Waals surface area contributed by atoms with Crippen molar-refractivity contribution in [3.63, 3.8) is 0 Å². The van der Waals surface area contributed by atoms with E-state index in [2.05, 4.69) is 4.98 Å². The van der Waals surface area contributed by atoms with Crippen LogP contribution in [0.4, 0.5) is 0 Å². The maximum absolute atomic E-state index is 10.5. The van der Waals surface area contributed by atoms with Crippen LogP contribution in [-0.2, 0) is 10.1 Å². The molecule has 70 valence electrons. The van der Waals surface area contributed by atoms with Crippen LogP contribution in [0.3, 0.4) is 0 Å². The van der Waals surface area contributed by atoms with Crippen LogP contribution < -0.4 is 0 Å². The molecule has 1 aromatic rings. The Balaban J connectivity index is 3.29. The largest absolute Gasteiger partial charge is 0.477 e. The average Bonchev–Trinajstić information content (AvgIpc) is 2.03. The number of carboxylic acid groups (broad SMARTS) is 1. The smallest absolute Gasteiger partial charge is 0.354 e. The van der Waals surface area contributed by atoms with Crippen LogP contribution in [0.2, 0.25) is 0 Å². The van der Waals surface area contributed by atoms with Crippen molar-refractivity contribution in [3.8, 4) is 0 Å². The van der Waals surface area contributed by atoms with Crippen molar-refractivity contribution in [2.75, 3.05) is 0 Å². The van der Waals surface area contributed by atoms with Gasteiger partial charge in [0.1, 0.15) is 5.69 Å². The van der Waals surface area contributed by atoms with Crippen molar-refractivity contribution in [1.29, 1.82) is 0 Å². The number of aromatic nitrogens is 1. The first-order valence-electron chi connectivity index (χ1n) is 3.09. The molecule has 2 N–H and O–H groups in total. The standard InChI is InChI=1S/C6H5NO5S/c8-6(9)4-2-1-3-5(7-4)13(10,11)12/h1-3H,(H,8,9)(H,10,11,12). The summed E-state index contributed by atoms with van der Waals surface area (Å²) in [6.45, 7) is 0. The molecule has 0 unspecified atom stereocenters. The quantitative estimate of drug-likeness (QED) is 0.657. The van der Waals surface area contributed by atoms with Gasteiger partial charge in [-0.2, -0.15) is 8.42 Å². The highest BCUT2D eigenvalue weighted by atomic mass is 32.2. The van der Waals surface area contributed by atoms with E-state index in [1.54, 1.807) is 0 Å². The Morgan fingerprint density at radius 3 is 2.46 bits per heavy atom. The topological polar surface area (TPSA) is 105 Å². The van der Waals surface area contributed by atoms with Crippen LogP contribution in [0.25, 0.3) is 0 Å². The Labute approximate surface area is 73.6 Å². The monoisotopic (exact) mass is 203 g/mol. The van der Waals surface area contributed by atoms with Crippen molar-refractivity contribution in [1.82, 2.24) is 4.98 Å². The lowest BCUT2D eigenvalue weighted by atomic mass is 10.4. The molecular formula is C6H5NO5S. The van der Waals surface area contributed by atoms with Gasteiger partial charge in [0.25, 0.3) is 0 Å². The molecule has 1 heterocycles. The summed E-state index contributed by atoms with van der Waals surface area (Å²) in [5.74, 6) is -1.36. The van der Waals surface area contributed by atoms with Crippen molar-refractivity contribution < 1.29 is 22.9 Å². The lowest BCUT2D eigenvalue weighted by Gasteiger charge is -1.96. The maximum atomic E-state index is 10.5. The molecule has 0 radical (unpaired) electrons. The van der Waals surface area contributed by atoms with Gasteiger partial charge in [0, 0.05) is 0 Å². The van der Waals surface area contributed by atoms with E-state index in [1.165, 1.54) is 6.07 Å². The highest BCUT2D eigenvalue weighted by Gasteiger charge is 2.13. The molecule has 0 saturated heterocycles. The van der Waals surface area contributed by atoms with E-state index in [4.69, 9.17) is 9.66 Å². The molecule has 0 amide bonds. The minimum atomic E-state index is -4.43. The Morgan fingerprint density at radius 1 is 1.38 bits per heavy atom. The van der Waals surface area contributed by atoms with E-state index in [0.29, 0.717) is 0 Å². The molecule has 7 heteroatoms. The number of hydrogen-bond donors (Lipinski definition) is 2. The van der Waals surface area contributed by atoms with Crippen molar-refractivity contribution in [2.24, 2.45) is 0 Å². The number of hydrogen-bond acceptors (Lipinski definition) is 4. The van der Waals surface area contributed by atoms with Gasteiger partial charge in [-0.3, -0.25) is 4.55 Å². The molecule has 0 aliphatic heterocycles. The second-order valence-corrected chi connectivity index (χ2v) is 3.51. The van der Waals surface area contributed by atoms with Crippen molar-refractivity contribution >= 4 is 16.1 Å². The summed E-state index contributed by atoms with van der Waals surface area (Å²) in [5.41, 5.74) is -0.435. The van der Waals surface area contributed by atoms with Gasteiger partial charge in [0.2, 0.25) is 0 Å². The van der Waals surface area contributed by atoms with E-state index in [-0.39, 0.29) is 0 Å². The zero-order chi connectivity index (χ0) is 10.1. The second-order valence-electron chi connectivity index (χ2n) is 2.14. The van der Waals surface area contributed by atoms with E-state index in [9.17, 15) is 13.2 Å². The fourth-order valence-electron chi connectivity index (χ4n) is 0.678. The number of aromatic carboxylic acids is 1. The zero-order valence-electron chi connectivity index (χ0n) is 6.21. The van der Waals surface area contributed by atoms with E-state index < -0.39 is 26.8 Å². The predicted octanol–water partition coefficient (Wildman–Crippen LogP) is 0.0265. The zero-order valence-corrected chi connectivity index (χ0v) is 7.02. The highest BCUT2D eigenvalue weighted by Crippen LogP contribution is 2.05. The lowest BCUT2D eigenvalue weighted by molar-refractivity contribution is 0.0689. The summed E-state index contributed by atoms with van der Waals surface area (Å²) in [6.07, 6.45) is 0. The molecule has 0 spiro atoms. The third kappa shape index (κ3) is 2.23. The van der Waals surface area contributed by atoms with Crippen LogP contribution >= 0.6 is 0 Å². The van der Waals surface area contributed by atoms with Crippen molar-refractivity contribution in [2.45, 2.75) is 5.03 Å². The SMILES string of the molecule is O=C(O)c1cccc(S(=O)(=O)O)n1. The van der Waals surface area contributed by atoms with Gasteiger partial charge in [-0.05, 0) is 12.1 Å². The molecule has 6 nitrogen and oxygen atoms in total. The molecule has 1 rings (SSSR count). The third-order valence-electron chi connectivity index (χ3n) is 1.21. The normalized spacial score (nSPS) is 11.2. The van der Waals surface area contributed by atoms with E-state index in [1.807, 2.05) is 0 Å². The summed E-state index contributed by atoms with van der Waals surface area (Å²) in [6, 6.07) is 3.30. The van der Waals surface area contributed by atoms with Gasteiger partial charge >= 0.3 is 16.1 Å². The van der Waals surface area contributed by atoms with E-state index >= 15 is 0 Å². The summed E-state index contributed by atoms with van der Waals surface area (Å²) in [7, 11) is -4.43. The molecule has 13 heavy (non-hydrogen) atoms. The fraction of sp³-hybridized carbons (Fsp3) is 0. The molecule has 0 saturated carbocycles. The lowest BCUT2D eigenvalue weighted by Crippen LogP contribution is -2.06. The number of nitrogens with zero attached hydrogens (tertiary/aromatic N) is 1. The number of pyridine rings is 1. The molecule has 0 aromatic carbocycles. The molecule has 0 aliphatic carbocycles. The predicted molar refractivity (Wildman–Crippen MR) is 41.0 cm³/mol. The summed E-state index contributed by atoms with van der Waals surface area (Å²) in [4.78, 5) is 13.5. The third-order valence-corrected chi connectivity index (χ3v) is 1.96. The van der Waals surface area contributed by atoms with E-state index in [0.717, 1.165) is 12.1 Å².